The Balaban J connectivity index is 2.09. The average molecular weight is 291 g/mol. The standard InChI is InChI=1S/C13H17N5OS/c1-7(2)4-11-17-18-13(20-11)16-12(19)9-5-8(3)15-10(14)6-9/h5-7H,4H2,1-3H3,(H2,14,15)(H,16,18,19). The van der Waals surface area contributed by atoms with Crippen LogP contribution in [0.3, 0.4) is 0 Å². The quantitative estimate of drug-likeness (QED) is 0.901. The number of hydrogen-bond donors (Lipinski definition) is 2. The van der Waals surface area contributed by atoms with Crippen LogP contribution in [0.1, 0.15) is 34.9 Å². The van der Waals surface area contributed by atoms with Gasteiger partial charge in [-0.15, -0.1) is 10.2 Å². The molecule has 106 valence electrons. The summed E-state index contributed by atoms with van der Waals surface area (Å²) in [6.07, 6.45) is 0.856. The van der Waals surface area contributed by atoms with Crippen molar-refractivity contribution < 1.29 is 4.79 Å². The first-order valence-electron chi connectivity index (χ1n) is 6.32. The Morgan fingerprint density at radius 2 is 2.15 bits per heavy atom. The predicted octanol–water partition coefficient (Wildman–Crippen LogP) is 2.27. The van der Waals surface area contributed by atoms with Crippen molar-refractivity contribution in [2.75, 3.05) is 11.1 Å². The highest BCUT2D eigenvalue weighted by Crippen LogP contribution is 2.19. The van der Waals surface area contributed by atoms with Gasteiger partial charge in [-0.05, 0) is 25.0 Å². The molecule has 2 aromatic heterocycles. The SMILES string of the molecule is Cc1cc(C(=O)Nc2nnc(CC(C)C)s2)cc(N)n1. The third kappa shape index (κ3) is 3.74. The Hall–Kier alpha value is -2.02. The zero-order valence-electron chi connectivity index (χ0n) is 11.7. The number of carbonyl (C=O) groups is 1. The van der Waals surface area contributed by atoms with Crippen LogP contribution in [0.5, 0.6) is 0 Å². The van der Waals surface area contributed by atoms with Gasteiger partial charge in [-0.25, -0.2) is 4.98 Å². The lowest BCUT2D eigenvalue weighted by molar-refractivity contribution is 0.102. The second kappa shape index (κ2) is 5.96. The van der Waals surface area contributed by atoms with Crippen LogP contribution in [0, 0.1) is 12.8 Å². The minimum absolute atomic E-state index is 0.255. The lowest BCUT2D eigenvalue weighted by Crippen LogP contribution is -2.13. The van der Waals surface area contributed by atoms with Gasteiger partial charge in [-0.1, -0.05) is 25.2 Å². The maximum atomic E-state index is 12.1. The third-order valence-electron chi connectivity index (χ3n) is 2.51. The van der Waals surface area contributed by atoms with Crippen molar-refractivity contribution in [3.05, 3.63) is 28.4 Å². The second-order valence-corrected chi connectivity index (χ2v) is 6.04. The van der Waals surface area contributed by atoms with Crippen molar-refractivity contribution in [3.63, 3.8) is 0 Å². The van der Waals surface area contributed by atoms with Gasteiger partial charge in [0.1, 0.15) is 10.8 Å². The number of pyridine rings is 1. The van der Waals surface area contributed by atoms with Crippen LogP contribution in [0.15, 0.2) is 12.1 Å². The van der Waals surface area contributed by atoms with E-state index in [-0.39, 0.29) is 5.91 Å². The molecule has 0 aliphatic carbocycles. The van der Waals surface area contributed by atoms with E-state index in [0.717, 1.165) is 11.4 Å². The Morgan fingerprint density at radius 1 is 1.40 bits per heavy atom. The van der Waals surface area contributed by atoms with Crippen LogP contribution < -0.4 is 11.1 Å². The molecule has 20 heavy (non-hydrogen) atoms. The number of nitrogens with zero attached hydrogens (tertiary/aromatic N) is 3. The van der Waals surface area contributed by atoms with Gasteiger partial charge in [0.05, 0.1) is 0 Å². The van der Waals surface area contributed by atoms with E-state index >= 15 is 0 Å². The molecule has 0 unspecified atom stereocenters. The topological polar surface area (TPSA) is 93.8 Å². The molecule has 0 spiro atoms. The summed E-state index contributed by atoms with van der Waals surface area (Å²) >= 11 is 1.39. The highest BCUT2D eigenvalue weighted by atomic mass is 32.1. The van der Waals surface area contributed by atoms with E-state index in [9.17, 15) is 4.79 Å². The monoisotopic (exact) mass is 291 g/mol. The highest BCUT2D eigenvalue weighted by molar-refractivity contribution is 7.15. The molecular weight excluding hydrogens is 274 g/mol. The Morgan fingerprint density at radius 3 is 2.80 bits per heavy atom. The van der Waals surface area contributed by atoms with E-state index in [1.807, 2.05) is 0 Å². The summed E-state index contributed by atoms with van der Waals surface area (Å²) in [5.74, 6) is 0.580. The van der Waals surface area contributed by atoms with E-state index in [4.69, 9.17) is 5.73 Å². The zero-order chi connectivity index (χ0) is 14.7. The summed E-state index contributed by atoms with van der Waals surface area (Å²) in [4.78, 5) is 16.1. The predicted molar refractivity (Wildman–Crippen MR) is 79.8 cm³/mol. The lowest BCUT2D eigenvalue weighted by Gasteiger charge is -2.03. The van der Waals surface area contributed by atoms with Gasteiger partial charge in [0.25, 0.3) is 5.91 Å². The van der Waals surface area contributed by atoms with E-state index < -0.39 is 0 Å². The van der Waals surface area contributed by atoms with Gasteiger partial charge >= 0.3 is 0 Å². The van der Waals surface area contributed by atoms with Crippen molar-refractivity contribution in [2.45, 2.75) is 27.2 Å². The molecule has 2 aromatic rings. The smallest absolute Gasteiger partial charge is 0.257 e. The fourth-order valence-electron chi connectivity index (χ4n) is 1.73. The van der Waals surface area contributed by atoms with Crippen LogP contribution in [-0.2, 0) is 6.42 Å². The molecule has 2 heterocycles. The van der Waals surface area contributed by atoms with Crippen molar-refractivity contribution in [1.82, 2.24) is 15.2 Å². The van der Waals surface area contributed by atoms with Gasteiger partial charge in [0, 0.05) is 17.7 Å². The van der Waals surface area contributed by atoms with Crippen molar-refractivity contribution >= 4 is 28.2 Å². The summed E-state index contributed by atoms with van der Waals surface area (Å²) in [6, 6.07) is 3.22. The molecule has 0 aromatic carbocycles. The van der Waals surface area contributed by atoms with E-state index in [1.165, 1.54) is 11.3 Å². The number of nitrogens with one attached hydrogen (secondary N) is 1. The number of anilines is 2. The maximum Gasteiger partial charge on any atom is 0.257 e. The van der Waals surface area contributed by atoms with Gasteiger partial charge in [0.2, 0.25) is 5.13 Å². The van der Waals surface area contributed by atoms with Crippen LogP contribution in [-0.4, -0.2) is 21.1 Å². The minimum atomic E-state index is -0.255. The molecule has 0 saturated heterocycles. The summed E-state index contributed by atoms with van der Waals surface area (Å²) in [5, 5.41) is 12.2. The van der Waals surface area contributed by atoms with Crippen LogP contribution in [0.2, 0.25) is 0 Å². The first kappa shape index (κ1) is 14.4. The van der Waals surface area contributed by atoms with Crippen molar-refractivity contribution in [1.29, 1.82) is 0 Å². The number of rotatable bonds is 4. The molecule has 3 N–H and O–H groups in total. The van der Waals surface area contributed by atoms with Crippen LogP contribution in [0.4, 0.5) is 10.9 Å². The Kier molecular flexibility index (Phi) is 4.29. The molecule has 0 aliphatic rings. The fourth-order valence-corrected chi connectivity index (χ4v) is 2.68. The van der Waals surface area contributed by atoms with Gasteiger partial charge in [0.15, 0.2) is 0 Å². The zero-order valence-corrected chi connectivity index (χ0v) is 12.5. The van der Waals surface area contributed by atoms with Gasteiger partial charge in [-0.2, -0.15) is 0 Å². The number of hydrogen-bond acceptors (Lipinski definition) is 6. The fraction of sp³-hybridized carbons (Fsp3) is 0.385. The average Bonchev–Trinajstić information content (AvgIpc) is 2.74. The lowest BCUT2D eigenvalue weighted by atomic mass is 10.1. The molecule has 0 atom stereocenters. The molecule has 6 nitrogen and oxygen atoms in total. The Labute approximate surface area is 121 Å². The molecule has 7 heteroatoms. The minimum Gasteiger partial charge on any atom is -0.384 e. The first-order chi connectivity index (χ1) is 9.44. The Bertz CT molecular complexity index is 603. The van der Waals surface area contributed by atoms with Crippen molar-refractivity contribution in [3.8, 4) is 0 Å². The molecule has 0 fully saturated rings. The molecule has 0 aliphatic heterocycles. The summed E-state index contributed by atoms with van der Waals surface area (Å²) in [5.41, 5.74) is 6.80. The number of amides is 1. The third-order valence-corrected chi connectivity index (χ3v) is 3.37. The molecule has 0 saturated carbocycles. The first-order valence-corrected chi connectivity index (χ1v) is 7.13. The number of aryl methyl sites for hydroxylation is 1. The number of aromatic nitrogens is 3. The van der Waals surface area contributed by atoms with E-state index in [1.54, 1.807) is 19.1 Å². The number of carbonyl (C=O) groups excluding carboxylic acids is 1. The molecule has 1 amide bonds. The molecule has 0 radical (unpaired) electrons. The largest absolute Gasteiger partial charge is 0.384 e. The summed E-state index contributed by atoms with van der Waals surface area (Å²) < 4.78 is 0. The number of nitrogens with two attached hydrogens (primary N) is 1. The van der Waals surface area contributed by atoms with Gasteiger partial charge < -0.3 is 5.73 Å². The second-order valence-electron chi connectivity index (χ2n) is 4.98. The molecule has 0 bridgehead atoms. The summed E-state index contributed by atoms with van der Waals surface area (Å²) in [7, 11) is 0. The normalized spacial score (nSPS) is 10.8. The van der Waals surface area contributed by atoms with Crippen molar-refractivity contribution in [2.24, 2.45) is 5.92 Å². The summed E-state index contributed by atoms with van der Waals surface area (Å²) in [6.45, 7) is 6.02. The van der Waals surface area contributed by atoms with Gasteiger partial charge in [-0.3, -0.25) is 10.1 Å². The molecule has 2 rings (SSSR count). The van der Waals surface area contributed by atoms with Crippen LogP contribution in [0.25, 0.3) is 0 Å². The van der Waals surface area contributed by atoms with Crippen LogP contribution >= 0.6 is 11.3 Å². The highest BCUT2D eigenvalue weighted by Gasteiger charge is 2.12. The van der Waals surface area contributed by atoms with E-state index in [2.05, 4.69) is 34.3 Å². The van der Waals surface area contributed by atoms with E-state index in [0.29, 0.717) is 28.1 Å². The maximum absolute atomic E-state index is 12.1. The molecular formula is C13H17N5OS. The number of nitrogen functional groups attached to an aromatic ring is 1.